The van der Waals surface area contributed by atoms with Crippen LogP contribution in [0.4, 0.5) is 5.69 Å². The van der Waals surface area contributed by atoms with Crippen molar-refractivity contribution in [2.45, 2.75) is 39.5 Å². The Morgan fingerprint density at radius 2 is 1.41 bits per heavy atom. The molecule has 0 saturated carbocycles. The van der Waals surface area contributed by atoms with Crippen LogP contribution in [0.5, 0.6) is 0 Å². The summed E-state index contributed by atoms with van der Waals surface area (Å²) in [7, 11) is -3.61. The van der Waals surface area contributed by atoms with E-state index in [2.05, 4.69) is 20.7 Å². The quantitative estimate of drug-likeness (QED) is 0.830. The molecule has 2 aromatic rings. The number of anilines is 1. The number of nitrogens with one attached hydrogen (secondary N) is 1. The van der Waals surface area contributed by atoms with Crippen LogP contribution in [0.2, 0.25) is 0 Å². The van der Waals surface area contributed by atoms with E-state index in [0.717, 1.165) is 32.3 Å². The van der Waals surface area contributed by atoms with Gasteiger partial charge in [0.05, 0.1) is 4.90 Å². The second-order valence-corrected chi connectivity index (χ2v) is 8.13. The highest BCUT2D eigenvalue weighted by Crippen LogP contribution is 2.28. The molecule has 0 spiro atoms. The highest BCUT2D eigenvalue weighted by molar-refractivity contribution is 9.10. The topological polar surface area (TPSA) is 46.2 Å². The molecular weight excluding hydrogens is 362 g/mol. The van der Waals surface area contributed by atoms with E-state index in [1.807, 2.05) is 52.8 Å². The van der Waals surface area contributed by atoms with Crippen LogP contribution in [-0.4, -0.2) is 8.42 Å². The van der Waals surface area contributed by atoms with E-state index >= 15 is 0 Å². The van der Waals surface area contributed by atoms with Gasteiger partial charge in [0.15, 0.2) is 0 Å². The van der Waals surface area contributed by atoms with E-state index in [4.69, 9.17) is 0 Å². The van der Waals surface area contributed by atoms with E-state index in [9.17, 15) is 8.42 Å². The van der Waals surface area contributed by atoms with Gasteiger partial charge in [0.25, 0.3) is 10.0 Å². The molecule has 5 heteroatoms. The van der Waals surface area contributed by atoms with Crippen LogP contribution in [0.1, 0.15) is 27.8 Å². The van der Waals surface area contributed by atoms with Gasteiger partial charge in [-0.1, -0.05) is 22.0 Å². The van der Waals surface area contributed by atoms with Crippen molar-refractivity contribution in [1.29, 1.82) is 0 Å². The molecule has 0 bridgehead atoms. The third kappa shape index (κ3) is 3.20. The first-order chi connectivity index (χ1) is 10.1. The maximum absolute atomic E-state index is 12.8. The molecular formula is C17H20BrNO2S. The van der Waals surface area contributed by atoms with Gasteiger partial charge >= 0.3 is 0 Å². The smallest absolute Gasteiger partial charge is 0.262 e. The van der Waals surface area contributed by atoms with Crippen molar-refractivity contribution in [2.24, 2.45) is 0 Å². The minimum Gasteiger partial charge on any atom is -0.280 e. The molecule has 2 aromatic carbocycles. The molecule has 0 saturated heterocycles. The minimum absolute atomic E-state index is 0.380. The first-order valence-corrected chi connectivity index (χ1v) is 9.27. The van der Waals surface area contributed by atoms with Gasteiger partial charge in [-0.05, 0) is 80.6 Å². The Hall–Kier alpha value is -1.33. The molecule has 0 radical (unpaired) electrons. The molecule has 0 aromatic heterocycles. The largest absolute Gasteiger partial charge is 0.280 e. The van der Waals surface area contributed by atoms with Gasteiger partial charge in [-0.15, -0.1) is 0 Å². The van der Waals surface area contributed by atoms with E-state index in [1.54, 1.807) is 6.07 Å². The molecule has 0 aliphatic rings. The third-order valence-corrected chi connectivity index (χ3v) is 6.52. The van der Waals surface area contributed by atoms with Crippen molar-refractivity contribution in [3.63, 3.8) is 0 Å². The molecule has 1 N–H and O–H groups in total. The zero-order valence-electron chi connectivity index (χ0n) is 13.4. The zero-order chi connectivity index (χ0) is 16.7. The zero-order valence-corrected chi connectivity index (χ0v) is 15.8. The number of hydrogen-bond acceptors (Lipinski definition) is 2. The summed E-state index contributed by atoms with van der Waals surface area (Å²) in [5.74, 6) is 0. The average molecular weight is 382 g/mol. The van der Waals surface area contributed by atoms with Gasteiger partial charge in [0, 0.05) is 10.2 Å². The second-order valence-electron chi connectivity index (χ2n) is 5.66. The van der Waals surface area contributed by atoms with Crippen LogP contribution >= 0.6 is 15.9 Å². The number of benzene rings is 2. The average Bonchev–Trinajstić information content (AvgIpc) is 2.40. The van der Waals surface area contributed by atoms with Crippen LogP contribution < -0.4 is 4.72 Å². The first kappa shape index (κ1) is 17.0. The highest BCUT2D eigenvalue weighted by atomic mass is 79.9. The van der Waals surface area contributed by atoms with Crippen molar-refractivity contribution in [3.8, 4) is 0 Å². The number of halogens is 1. The number of sulfonamides is 1. The Kier molecular flexibility index (Phi) is 4.68. The highest BCUT2D eigenvalue weighted by Gasteiger charge is 2.22. The molecule has 0 aliphatic carbocycles. The van der Waals surface area contributed by atoms with E-state index in [0.29, 0.717) is 10.6 Å². The molecule has 0 unspecified atom stereocenters. The third-order valence-electron chi connectivity index (χ3n) is 3.98. The Balaban J connectivity index is 2.54. The summed E-state index contributed by atoms with van der Waals surface area (Å²) in [6.45, 7) is 9.50. The van der Waals surface area contributed by atoms with E-state index < -0.39 is 10.0 Å². The second kappa shape index (κ2) is 6.05. The molecule has 0 heterocycles. The summed E-state index contributed by atoms with van der Waals surface area (Å²) in [5, 5.41) is 0. The molecule has 3 nitrogen and oxygen atoms in total. The molecule has 0 atom stereocenters. The van der Waals surface area contributed by atoms with Gasteiger partial charge < -0.3 is 0 Å². The Labute approximate surface area is 140 Å². The first-order valence-electron chi connectivity index (χ1n) is 7.00. The summed E-state index contributed by atoms with van der Waals surface area (Å²) >= 11 is 3.42. The van der Waals surface area contributed by atoms with Gasteiger partial charge in [0.2, 0.25) is 0 Å². The van der Waals surface area contributed by atoms with Crippen molar-refractivity contribution >= 4 is 31.6 Å². The number of hydrogen-bond donors (Lipinski definition) is 1. The fourth-order valence-corrected chi connectivity index (χ4v) is 4.41. The summed E-state index contributed by atoms with van der Waals surface area (Å²) in [5.41, 5.74) is 5.10. The maximum atomic E-state index is 12.8. The van der Waals surface area contributed by atoms with Crippen molar-refractivity contribution in [2.75, 3.05) is 4.72 Å². The Morgan fingerprint density at radius 3 is 1.91 bits per heavy atom. The number of aryl methyl sites for hydroxylation is 3. The predicted molar refractivity (Wildman–Crippen MR) is 95.1 cm³/mol. The molecule has 0 fully saturated rings. The predicted octanol–water partition coefficient (Wildman–Crippen LogP) is 4.79. The minimum atomic E-state index is -3.61. The fourth-order valence-electron chi connectivity index (χ4n) is 2.50. The van der Waals surface area contributed by atoms with Crippen molar-refractivity contribution in [1.82, 2.24) is 0 Å². The van der Waals surface area contributed by atoms with Crippen molar-refractivity contribution in [3.05, 3.63) is 56.6 Å². The Bertz CT molecular complexity index is 816. The molecule has 22 heavy (non-hydrogen) atoms. The molecule has 118 valence electrons. The maximum Gasteiger partial charge on any atom is 0.262 e. The summed E-state index contributed by atoms with van der Waals surface area (Å²) in [6, 6.07) is 7.43. The summed E-state index contributed by atoms with van der Waals surface area (Å²) in [4.78, 5) is 0.380. The molecule has 2 rings (SSSR count). The van der Waals surface area contributed by atoms with E-state index in [-0.39, 0.29) is 0 Å². The Morgan fingerprint density at radius 1 is 0.864 bits per heavy atom. The van der Waals surface area contributed by atoms with Crippen LogP contribution in [0.25, 0.3) is 0 Å². The van der Waals surface area contributed by atoms with E-state index in [1.165, 1.54) is 0 Å². The molecule has 0 aliphatic heterocycles. The lowest BCUT2D eigenvalue weighted by molar-refractivity contribution is 0.599. The van der Waals surface area contributed by atoms with Gasteiger partial charge in [-0.25, -0.2) is 8.42 Å². The van der Waals surface area contributed by atoms with Crippen LogP contribution in [-0.2, 0) is 10.0 Å². The van der Waals surface area contributed by atoms with Crippen LogP contribution in [0, 0.1) is 34.6 Å². The van der Waals surface area contributed by atoms with Crippen molar-refractivity contribution < 1.29 is 8.42 Å². The van der Waals surface area contributed by atoms with Gasteiger partial charge in [-0.2, -0.15) is 0 Å². The lowest BCUT2D eigenvalue weighted by atomic mass is 10.0. The monoisotopic (exact) mass is 381 g/mol. The van der Waals surface area contributed by atoms with Gasteiger partial charge in [-0.3, -0.25) is 4.72 Å². The normalized spacial score (nSPS) is 11.5. The van der Waals surface area contributed by atoms with Crippen LogP contribution in [0.3, 0.4) is 0 Å². The van der Waals surface area contributed by atoms with Crippen LogP contribution in [0.15, 0.2) is 33.6 Å². The molecule has 0 amide bonds. The lowest BCUT2D eigenvalue weighted by Gasteiger charge is -2.17. The number of rotatable bonds is 3. The fraction of sp³-hybridized carbons (Fsp3) is 0.294. The van der Waals surface area contributed by atoms with Gasteiger partial charge in [0.1, 0.15) is 0 Å². The summed E-state index contributed by atoms with van der Waals surface area (Å²) in [6.07, 6.45) is 0. The SMILES string of the molecule is Cc1cc(NS(=O)(=O)c2c(C)c(C)cc(C)c2C)ccc1Br. The standard InChI is InChI=1S/C17H20BrNO2S/c1-10-8-11(2)14(5)17(13(10)4)22(20,21)19-15-6-7-16(18)12(3)9-15/h6-9,19H,1-5H3. The summed E-state index contributed by atoms with van der Waals surface area (Å²) < 4.78 is 29.3. The lowest BCUT2D eigenvalue weighted by Crippen LogP contribution is -2.17.